The van der Waals surface area contributed by atoms with E-state index in [2.05, 4.69) is 5.32 Å². The SMILES string of the molecule is COc1ccc(N(CC(=O)Nc2cccc(C(C)=O)c2)S(=O)(=O)c2ccccc2)cc1Cl. The fourth-order valence-corrected chi connectivity index (χ4v) is 4.68. The number of benzene rings is 3. The molecule has 0 fully saturated rings. The number of hydrogen-bond donors (Lipinski definition) is 1. The number of methoxy groups -OCH3 is 1. The molecule has 0 aliphatic rings. The van der Waals surface area contributed by atoms with Gasteiger partial charge in [-0.25, -0.2) is 8.42 Å². The molecule has 7 nitrogen and oxygen atoms in total. The minimum atomic E-state index is -4.08. The number of Topliss-reactive ketones (excluding diaryl/α,β-unsaturated/α-hetero) is 1. The molecule has 3 aromatic rings. The highest BCUT2D eigenvalue weighted by molar-refractivity contribution is 7.92. The lowest BCUT2D eigenvalue weighted by molar-refractivity contribution is -0.114. The molecule has 0 atom stereocenters. The standard InChI is InChI=1S/C23H21ClN2O5S/c1-16(27)17-7-6-8-18(13-17)25-23(28)15-26(19-11-12-22(31-2)21(24)14-19)32(29,30)20-9-4-3-5-10-20/h3-14H,15H2,1-2H3,(H,25,28). The first kappa shape index (κ1) is 23.3. The molecule has 0 aromatic heterocycles. The molecule has 0 unspecified atom stereocenters. The van der Waals surface area contributed by atoms with Gasteiger partial charge in [-0.3, -0.25) is 13.9 Å². The van der Waals surface area contributed by atoms with Crippen LogP contribution in [0.1, 0.15) is 17.3 Å². The third kappa shape index (κ3) is 5.27. The number of halogens is 1. The third-order valence-electron chi connectivity index (χ3n) is 4.59. The number of amides is 1. The van der Waals surface area contributed by atoms with Gasteiger partial charge in [0.2, 0.25) is 5.91 Å². The summed E-state index contributed by atoms with van der Waals surface area (Å²) in [7, 11) is -2.63. The van der Waals surface area contributed by atoms with Gasteiger partial charge in [0.1, 0.15) is 12.3 Å². The number of ether oxygens (including phenoxy) is 1. The lowest BCUT2D eigenvalue weighted by Gasteiger charge is -2.24. The normalized spacial score (nSPS) is 11.0. The Morgan fingerprint density at radius 2 is 1.72 bits per heavy atom. The van der Waals surface area contributed by atoms with E-state index >= 15 is 0 Å². The van der Waals surface area contributed by atoms with Crippen molar-refractivity contribution in [2.24, 2.45) is 0 Å². The van der Waals surface area contributed by atoms with Gasteiger partial charge >= 0.3 is 0 Å². The molecule has 1 N–H and O–H groups in total. The van der Waals surface area contributed by atoms with Crippen LogP contribution in [0.15, 0.2) is 77.7 Å². The van der Waals surface area contributed by atoms with Gasteiger partial charge in [0, 0.05) is 11.3 Å². The second kappa shape index (κ2) is 9.84. The molecule has 0 aliphatic heterocycles. The van der Waals surface area contributed by atoms with Crippen molar-refractivity contribution in [3.63, 3.8) is 0 Å². The van der Waals surface area contributed by atoms with Crippen molar-refractivity contribution >= 4 is 44.7 Å². The monoisotopic (exact) mass is 472 g/mol. The Hall–Kier alpha value is -3.36. The first-order valence-corrected chi connectivity index (χ1v) is 11.4. The van der Waals surface area contributed by atoms with Gasteiger partial charge < -0.3 is 10.1 Å². The molecular weight excluding hydrogens is 452 g/mol. The highest BCUT2D eigenvalue weighted by Gasteiger charge is 2.27. The lowest BCUT2D eigenvalue weighted by atomic mass is 10.1. The van der Waals surface area contributed by atoms with Crippen LogP contribution in [0.25, 0.3) is 0 Å². The van der Waals surface area contributed by atoms with Crippen molar-refractivity contribution in [2.75, 3.05) is 23.3 Å². The zero-order chi connectivity index (χ0) is 23.3. The van der Waals surface area contributed by atoms with Crippen molar-refractivity contribution in [1.82, 2.24) is 0 Å². The first-order valence-electron chi connectivity index (χ1n) is 9.54. The van der Waals surface area contributed by atoms with E-state index < -0.39 is 22.5 Å². The maximum absolute atomic E-state index is 13.4. The molecule has 3 rings (SSSR count). The van der Waals surface area contributed by atoms with E-state index in [0.717, 1.165) is 4.31 Å². The van der Waals surface area contributed by atoms with Crippen LogP contribution in [0.5, 0.6) is 5.75 Å². The summed E-state index contributed by atoms with van der Waals surface area (Å²) in [6.45, 7) is 0.909. The number of ketones is 1. The fraction of sp³-hybridized carbons (Fsp3) is 0.130. The second-order valence-electron chi connectivity index (χ2n) is 6.83. The second-order valence-corrected chi connectivity index (χ2v) is 9.10. The van der Waals surface area contributed by atoms with E-state index in [1.165, 1.54) is 50.4 Å². The molecule has 0 saturated carbocycles. The first-order chi connectivity index (χ1) is 15.2. The molecule has 0 spiro atoms. The molecule has 0 aliphatic carbocycles. The fourth-order valence-electron chi connectivity index (χ4n) is 2.99. The quantitative estimate of drug-likeness (QED) is 0.491. The minimum Gasteiger partial charge on any atom is -0.495 e. The van der Waals surface area contributed by atoms with Crippen molar-refractivity contribution < 1.29 is 22.7 Å². The average Bonchev–Trinajstić information content (AvgIpc) is 2.78. The van der Waals surface area contributed by atoms with Gasteiger partial charge in [-0.1, -0.05) is 41.9 Å². The molecule has 9 heteroatoms. The highest BCUT2D eigenvalue weighted by atomic mass is 35.5. The van der Waals surface area contributed by atoms with Gasteiger partial charge in [-0.05, 0) is 49.4 Å². The van der Waals surface area contributed by atoms with Crippen LogP contribution >= 0.6 is 11.6 Å². The van der Waals surface area contributed by atoms with Crippen LogP contribution in [0.3, 0.4) is 0 Å². The summed E-state index contributed by atoms with van der Waals surface area (Å²) >= 11 is 6.20. The number of sulfonamides is 1. The number of carbonyl (C=O) groups excluding carboxylic acids is 2. The Kier molecular flexibility index (Phi) is 7.17. The van der Waals surface area contributed by atoms with Crippen molar-refractivity contribution in [3.8, 4) is 5.75 Å². The van der Waals surface area contributed by atoms with Crippen molar-refractivity contribution in [1.29, 1.82) is 0 Å². The highest BCUT2D eigenvalue weighted by Crippen LogP contribution is 2.32. The predicted molar refractivity (Wildman–Crippen MR) is 124 cm³/mol. The zero-order valence-electron chi connectivity index (χ0n) is 17.4. The molecule has 166 valence electrons. The van der Waals surface area contributed by atoms with E-state index in [-0.39, 0.29) is 21.4 Å². The Morgan fingerprint density at radius 1 is 1.00 bits per heavy atom. The Balaban J connectivity index is 1.96. The molecule has 3 aromatic carbocycles. The smallest absolute Gasteiger partial charge is 0.264 e. The van der Waals surface area contributed by atoms with E-state index in [1.54, 1.807) is 36.4 Å². The summed E-state index contributed by atoms with van der Waals surface area (Å²) in [6.07, 6.45) is 0. The molecule has 32 heavy (non-hydrogen) atoms. The molecule has 0 bridgehead atoms. The zero-order valence-corrected chi connectivity index (χ0v) is 19.0. The molecule has 1 amide bonds. The largest absolute Gasteiger partial charge is 0.495 e. The summed E-state index contributed by atoms with van der Waals surface area (Å²) in [5.74, 6) is -0.364. The maximum atomic E-state index is 13.4. The van der Waals surface area contributed by atoms with E-state index in [1.807, 2.05) is 0 Å². The van der Waals surface area contributed by atoms with Crippen LogP contribution < -0.4 is 14.4 Å². The van der Waals surface area contributed by atoms with Gasteiger partial charge in [-0.2, -0.15) is 0 Å². The number of nitrogens with zero attached hydrogens (tertiary/aromatic N) is 1. The number of hydrogen-bond acceptors (Lipinski definition) is 5. The number of anilines is 2. The Labute approximate surface area is 191 Å². The van der Waals surface area contributed by atoms with Crippen LogP contribution in [-0.4, -0.2) is 33.8 Å². The van der Waals surface area contributed by atoms with Crippen molar-refractivity contribution in [2.45, 2.75) is 11.8 Å². The molecule has 0 radical (unpaired) electrons. The van der Waals surface area contributed by atoms with Crippen molar-refractivity contribution in [3.05, 3.63) is 83.4 Å². The third-order valence-corrected chi connectivity index (χ3v) is 6.68. The van der Waals surface area contributed by atoms with E-state index in [9.17, 15) is 18.0 Å². The lowest BCUT2D eigenvalue weighted by Crippen LogP contribution is -2.38. The minimum absolute atomic E-state index is 0.0262. The Morgan fingerprint density at radius 3 is 2.34 bits per heavy atom. The van der Waals surface area contributed by atoms with Crippen LogP contribution in [0.4, 0.5) is 11.4 Å². The number of rotatable bonds is 8. The summed E-state index contributed by atoms with van der Waals surface area (Å²) < 4.78 is 32.8. The predicted octanol–water partition coefficient (Wildman–Crippen LogP) is 4.39. The summed E-state index contributed by atoms with van der Waals surface area (Å²) in [5.41, 5.74) is 1.01. The molecule has 0 heterocycles. The van der Waals surface area contributed by atoms with E-state index in [4.69, 9.17) is 16.3 Å². The maximum Gasteiger partial charge on any atom is 0.264 e. The van der Waals surface area contributed by atoms with Crippen LogP contribution in [0.2, 0.25) is 5.02 Å². The van der Waals surface area contributed by atoms with Gasteiger partial charge in [0.25, 0.3) is 10.0 Å². The van der Waals surface area contributed by atoms with Gasteiger partial charge in [-0.15, -0.1) is 0 Å². The summed E-state index contributed by atoms with van der Waals surface area (Å²) in [4.78, 5) is 24.4. The number of carbonyl (C=O) groups is 2. The van der Waals surface area contributed by atoms with Gasteiger partial charge in [0.15, 0.2) is 5.78 Å². The van der Waals surface area contributed by atoms with Gasteiger partial charge in [0.05, 0.1) is 22.7 Å². The Bertz CT molecular complexity index is 1250. The number of nitrogens with one attached hydrogen (secondary N) is 1. The van der Waals surface area contributed by atoms with Crippen LogP contribution in [0, 0.1) is 0 Å². The topological polar surface area (TPSA) is 92.8 Å². The molecular formula is C23H21ClN2O5S. The summed E-state index contributed by atoms with van der Waals surface area (Å²) in [5, 5.41) is 2.84. The van der Waals surface area contributed by atoms with Crippen LogP contribution in [-0.2, 0) is 14.8 Å². The average molecular weight is 473 g/mol. The summed E-state index contributed by atoms with van der Waals surface area (Å²) in [6, 6.07) is 18.6. The van der Waals surface area contributed by atoms with E-state index in [0.29, 0.717) is 17.0 Å². The molecule has 0 saturated heterocycles.